The van der Waals surface area contributed by atoms with Crippen LogP contribution in [-0.4, -0.2) is 29.1 Å². The van der Waals surface area contributed by atoms with Crippen LogP contribution in [0.25, 0.3) is 0 Å². The van der Waals surface area contributed by atoms with E-state index in [4.69, 9.17) is 5.11 Å². The van der Waals surface area contributed by atoms with Crippen LogP contribution < -0.4 is 5.32 Å². The van der Waals surface area contributed by atoms with Gasteiger partial charge in [-0.05, 0) is 42.5 Å². The molecular weight excluding hydrogens is 234 g/mol. The third kappa shape index (κ3) is 3.48. The summed E-state index contributed by atoms with van der Waals surface area (Å²) >= 11 is 1.44. The summed E-state index contributed by atoms with van der Waals surface area (Å²) in [5.74, 6) is 1.01. The van der Waals surface area contributed by atoms with Gasteiger partial charge in [-0.2, -0.15) is 0 Å². The lowest BCUT2D eigenvalue weighted by atomic mass is 10.1. The smallest absolute Gasteiger partial charge is 0.234 e. The molecule has 0 atom stereocenters. The van der Waals surface area contributed by atoms with Crippen molar-refractivity contribution in [2.75, 3.05) is 23.4 Å². The summed E-state index contributed by atoms with van der Waals surface area (Å²) in [6.45, 7) is 0.122. The molecule has 4 heteroatoms. The SMILES string of the molecule is O=C(CSCCO)Nc1ccc2c(c1)CCC2. The molecule has 17 heavy (non-hydrogen) atoms. The Kier molecular flexibility index (Phi) is 4.45. The summed E-state index contributed by atoms with van der Waals surface area (Å²) in [7, 11) is 0. The maximum absolute atomic E-state index is 11.6. The van der Waals surface area contributed by atoms with Gasteiger partial charge in [0, 0.05) is 11.4 Å². The van der Waals surface area contributed by atoms with Crippen molar-refractivity contribution >= 4 is 23.4 Å². The Balaban J connectivity index is 1.88. The minimum atomic E-state index is 0.00129. The fourth-order valence-electron chi connectivity index (χ4n) is 2.08. The lowest BCUT2D eigenvalue weighted by Crippen LogP contribution is -2.14. The summed E-state index contributed by atoms with van der Waals surface area (Å²) < 4.78 is 0. The number of carbonyl (C=O) groups is 1. The molecule has 0 aromatic heterocycles. The highest BCUT2D eigenvalue weighted by Crippen LogP contribution is 2.24. The largest absolute Gasteiger partial charge is 0.396 e. The van der Waals surface area contributed by atoms with Crippen molar-refractivity contribution in [1.29, 1.82) is 0 Å². The molecule has 1 aliphatic rings. The molecule has 0 unspecified atom stereocenters. The van der Waals surface area contributed by atoms with Crippen LogP contribution >= 0.6 is 11.8 Å². The molecule has 2 N–H and O–H groups in total. The number of fused-ring (bicyclic) bond motifs is 1. The van der Waals surface area contributed by atoms with E-state index in [1.165, 1.54) is 29.3 Å². The fourth-order valence-corrected chi connectivity index (χ4v) is 2.61. The second kappa shape index (κ2) is 6.07. The number of hydrogen-bond acceptors (Lipinski definition) is 3. The number of carbonyl (C=O) groups excluding carboxylic acids is 1. The lowest BCUT2D eigenvalue weighted by molar-refractivity contribution is -0.113. The number of aliphatic hydroxyl groups excluding tert-OH is 1. The fraction of sp³-hybridized carbons (Fsp3) is 0.462. The van der Waals surface area contributed by atoms with E-state index in [1.54, 1.807) is 0 Å². The molecule has 0 fully saturated rings. The van der Waals surface area contributed by atoms with Gasteiger partial charge in [0.2, 0.25) is 5.91 Å². The molecule has 0 saturated heterocycles. The summed E-state index contributed by atoms with van der Waals surface area (Å²) in [4.78, 5) is 11.6. The first-order chi connectivity index (χ1) is 8.29. The average molecular weight is 251 g/mol. The predicted molar refractivity (Wildman–Crippen MR) is 71.5 cm³/mol. The number of benzene rings is 1. The molecule has 1 aromatic carbocycles. The molecule has 0 heterocycles. The number of thioether (sulfide) groups is 1. The van der Waals surface area contributed by atoms with E-state index in [0.717, 1.165) is 18.5 Å². The van der Waals surface area contributed by atoms with Gasteiger partial charge in [-0.25, -0.2) is 0 Å². The number of rotatable bonds is 5. The number of aliphatic hydroxyl groups is 1. The zero-order chi connectivity index (χ0) is 12.1. The molecule has 0 saturated carbocycles. The summed E-state index contributed by atoms with van der Waals surface area (Å²) in [6.07, 6.45) is 3.51. The monoisotopic (exact) mass is 251 g/mol. The van der Waals surface area contributed by atoms with Crippen molar-refractivity contribution in [2.24, 2.45) is 0 Å². The maximum Gasteiger partial charge on any atom is 0.234 e. The first kappa shape index (κ1) is 12.5. The first-order valence-corrected chi connectivity index (χ1v) is 7.05. The molecule has 1 amide bonds. The molecular formula is C13H17NO2S. The number of aryl methyl sites for hydroxylation is 2. The number of anilines is 1. The van der Waals surface area contributed by atoms with Crippen molar-refractivity contribution in [3.8, 4) is 0 Å². The normalized spacial score (nSPS) is 13.5. The average Bonchev–Trinajstić information content (AvgIpc) is 2.76. The van der Waals surface area contributed by atoms with Crippen LogP contribution in [0.1, 0.15) is 17.5 Å². The Morgan fingerprint density at radius 2 is 2.18 bits per heavy atom. The van der Waals surface area contributed by atoms with Gasteiger partial charge in [0.05, 0.1) is 12.4 Å². The Morgan fingerprint density at radius 1 is 1.35 bits per heavy atom. The molecule has 0 radical (unpaired) electrons. The summed E-state index contributed by atoms with van der Waals surface area (Å²) in [5.41, 5.74) is 3.67. The van der Waals surface area contributed by atoms with Crippen LogP contribution in [0.5, 0.6) is 0 Å². The van der Waals surface area contributed by atoms with Gasteiger partial charge >= 0.3 is 0 Å². The van der Waals surface area contributed by atoms with Crippen molar-refractivity contribution < 1.29 is 9.90 Å². The van der Waals surface area contributed by atoms with Crippen LogP contribution in [0.2, 0.25) is 0 Å². The Morgan fingerprint density at radius 3 is 3.00 bits per heavy atom. The molecule has 0 spiro atoms. The molecule has 3 nitrogen and oxygen atoms in total. The van der Waals surface area contributed by atoms with Gasteiger partial charge in [-0.15, -0.1) is 11.8 Å². The van der Waals surface area contributed by atoms with Gasteiger partial charge in [0.1, 0.15) is 0 Å². The van der Waals surface area contributed by atoms with Crippen LogP contribution in [0, 0.1) is 0 Å². The zero-order valence-electron chi connectivity index (χ0n) is 9.74. The third-order valence-corrected chi connectivity index (χ3v) is 3.79. The quantitative estimate of drug-likeness (QED) is 0.785. The standard InChI is InChI=1S/C13H17NO2S/c15-6-7-17-9-13(16)14-12-5-4-10-2-1-3-11(10)8-12/h4-5,8,15H,1-3,6-7,9H2,(H,14,16). The molecule has 1 aromatic rings. The minimum Gasteiger partial charge on any atom is -0.396 e. The second-order valence-corrected chi connectivity index (χ2v) is 5.27. The third-order valence-electron chi connectivity index (χ3n) is 2.85. The van der Waals surface area contributed by atoms with E-state index < -0.39 is 0 Å². The first-order valence-electron chi connectivity index (χ1n) is 5.90. The number of amides is 1. The molecule has 2 rings (SSSR count). The van der Waals surface area contributed by atoms with E-state index in [-0.39, 0.29) is 12.5 Å². The van der Waals surface area contributed by atoms with Crippen molar-refractivity contribution in [3.05, 3.63) is 29.3 Å². The van der Waals surface area contributed by atoms with E-state index in [9.17, 15) is 4.79 Å². The molecule has 0 aliphatic heterocycles. The Labute approximate surface area is 106 Å². The second-order valence-electron chi connectivity index (χ2n) is 4.16. The van der Waals surface area contributed by atoms with Crippen molar-refractivity contribution in [1.82, 2.24) is 0 Å². The van der Waals surface area contributed by atoms with Crippen LogP contribution in [-0.2, 0) is 17.6 Å². The van der Waals surface area contributed by atoms with Crippen LogP contribution in [0.3, 0.4) is 0 Å². The summed E-state index contributed by atoms with van der Waals surface area (Å²) in [6, 6.07) is 6.16. The van der Waals surface area contributed by atoms with Gasteiger partial charge in [-0.1, -0.05) is 6.07 Å². The number of hydrogen-bond donors (Lipinski definition) is 2. The minimum absolute atomic E-state index is 0.00129. The predicted octanol–water partition coefficient (Wildman–Crippen LogP) is 1.84. The van der Waals surface area contributed by atoms with Gasteiger partial charge in [0.25, 0.3) is 0 Å². The summed E-state index contributed by atoms with van der Waals surface area (Å²) in [5, 5.41) is 11.5. The van der Waals surface area contributed by atoms with Gasteiger partial charge in [0.15, 0.2) is 0 Å². The van der Waals surface area contributed by atoms with Crippen LogP contribution in [0.4, 0.5) is 5.69 Å². The van der Waals surface area contributed by atoms with Gasteiger partial charge < -0.3 is 10.4 Å². The van der Waals surface area contributed by atoms with Crippen LogP contribution in [0.15, 0.2) is 18.2 Å². The lowest BCUT2D eigenvalue weighted by Gasteiger charge is -2.07. The number of nitrogens with one attached hydrogen (secondary N) is 1. The van der Waals surface area contributed by atoms with Crippen molar-refractivity contribution in [3.63, 3.8) is 0 Å². The molecule has 92 valence electrons. The Bertz CT molecular complexity index is 406. The Hall–Kier alpha value is -1.00. The van der Waals surface area contributed by atoms with Crippen molar-refractivity contribution in [2.45, 2.75) is 19.3 Å². The van der Waals surface area contributed by atoms with E-state index in [1.807, 2.05) is 6.07 Å². The highest BCUT2D eigenvalue weighted by Gasteiger charge is 2.11. The van der Waals surface area contributed by atoms with E-state index >= 15 is 0 Å². The van der Waals surface area contributed by atoms with E-state index in [2.05, 4.69) is 17.4 Å². The highest BCUT2D eigenvalue weighted by atomic mass is 32.2. The topological polar surface area (TPSA) is 49.3 Å². The molecule has 1 aliphatic carbocycles. The zero-order valence-corrected chi connectivity index (χ0v) is 10.6. The molecule has 0 bridgehead atoms. The maximum atomic E-state index is 11.6. The van der Waals surface area contributed by atoms with E-state index in [0.29, 0.717) is 11.5 Å². The highest BCUT2D eigenvalue weighted by molar-refractivity contribution is 7.99. The van der Waals surface area contributed by atoms with Gasteiger partial charge in [-0.3, -0.25) is 4.79 Å².